The zero-order chi connectivity index (χ0) is 14.3. The Balaban J connectivity index is 2.10. The molecule has 0 atom stereocenters. The first-order valence-electron chi connectivity index (χ1n) is 5.86. The Morgan fingerprint density at radius 2 is 1.95 bits per heavy atom. The lowest BCUT2D eigenvalue weighted by Crippen LogP contribution is -2.00. The number of imidazole rings is 1. The number of nitrogens with zero attached hydrogens (tertiary/aromatic N) is 1. The number of hydrogen-bond donors (Lipinski definition) is 1. The zero-order valence-corrected chi connectivity index (χ0v) is 12.5. The predicted molar refractivity (Wildman–Crippen MR) is 82.6 cm³/mol. The lowest BCUT2D eigenvalue weighted by molar-refractivity contribution is 0.627. The summed E-state index contributed by atoms with van der Waals surface area (Å²) < 4.78 is 15.7. The summed E-state index contributed by atoms with van der Waals surface area (Å²) >= 11 is 17.1. The summed E-state index contributed by atoms with van der Waals surface area (Å²) in [5.41, 5.74) is 2.68. The van der Waals surface area contributed by atoms with Crippen LogP contribution >= 0.6 is 35.4 Å². The molecular formula is C14H9Cl2FN2S. The second kappa shape index (κ2) is 5.20. The van der Waals surface area contributed by atoms with Crippen LogP contribution in [-0.2, 0) is 6.54 Å². The summed E-state index contributed by atoms with van der Waals surface area (Å²) in [5.74, 6) is -0.430. The van der Waals surface area contributed by atoms with Gasteiger partial charge in [-0.3, -0.25) is 0 Å². The number of hydrogen-bond acceptors (Lipinski definition) is 1. The minimum atomic E-state index is -0.430. The molecule has 3 aromatic rings. The Bertz CT molecular complexity index is 854. The minimum absolute atomic E-state index is 0.104. The van der Waals surface area contributed by atoms with Crippen LogP contribution in [0.3, 0.4) is 0 Å². The number of fused-ring (bicyclic) bond motifs is 1. The third-order valence-electron chi connectivity index (χ3n) is 3.06. The topological polar surface area (TPSA) is 20.7 Å². The average Bonchev–Trinajstić information content (AvgIpc) is 2.70. The highest BCUT2D eigenvalue weighted by molar-refractivity contribution is 7.71. The smallest absolute Gasteiger partial charge is 0.178 e. The first-order valence-corrected chi connectivity index (χ1v) is 7.03. The Morgan fingerprint density at radius 3 is 2.70 bits per heavy atom. The number of halogens is 3. The number of aromatic amines is 1. The maximum absolute atomic E-state index is 13.2. The van der Waals surface area contributed by atoms with E-state index in [-0.39, 0.29) is 5.02 Å². The van der Waals surface area contributed by atoms with E-state index >= 15 is 0 Å². The largest absolute Gasteiger partial charge is 0.331 e. The number of benzene rings is 2. The van der Waals surface area contributed by atoms with Crippen molar-refractivity contribution in [3.63, 3.8) is 0 Å². The molecule has 1 N–H and O–H groups in total. The van der Waals surface area contributed by atoms with Crippen molar-refractivity contribution >= 4 is 46.5 Å². The van der Waals surface area contributed by atoms with Crippen LogP contribution in [0.25, 0.3) is 11.0 Å². The van der Waals surface area contributed by atoms with Crippen molar-refractivity contribution in [2.45, 2.75) is 6.54 Å². The molecule has 0 aliphatic heterocycles. The quantitative estimate of drug-likeness (QED) is 0.642. The van der Waals surface area contributed by atoms with Crippen LogP contribution in [-0.4, -0.2) is 9.55 Å². The normalized spacial score (nSPS) is 11.2. The number of rotatable bonds is 2. The molecule has 0 radical (unpaired) electrons. The monoisotopic (exact) mass is 326 g/mol. The van der Waals surface area contributed by atoms with Crippen LogP contribution in [0.1, 0.15) is 5.56 Å². The van der Waals surface area contributed by atoms with Gasteiger partial charge in [-0.2, -0.15) is 0 Å². The fourth-order valence-corrected chi connectivity index (χ4v) is 2.75. The van der Waals surface area contributed by atoms with Gasteiger partial charge < -0.3 is 9.55 Å². The van der Waals surface area contributed by atoms with Crippen LogP contribution in [0.2, 0.25) is 10.0 Å². The minimum Gasteiger partial charge on any atom is -0.331 e. The van der Waals surface area contributed by atoms with E-state index in [1.54, 1.807) is 18.2 Å². The maximum atomic E-state index is 13.2. The SMILES string of the molecule is Fc1ccc(Cn2c(=S)[nH]c3ccc(Cl)cc32)cc1Cl. The summed E-state index contributed by atoms with van der Waals surface area (Å²) in [6.45, 7) is 0.499. The number of H-pyrrole nitrogens is 1. The van der Waals surface area contributed by atoms with E-state index in [4.69, 9.17) is 35.4 Å². The first-order chi connectivity index (χ1) is 9.54. The van der Waals surface area contributed by atoms with Gasteiger partial charge in [0.25, 0.3) is 0 Å². The molecule has 1 aromatic heterocycles. The number of aromatic nitrogens is 2. The van der Waals surface area contributed by atoms with Crippen molar-refractivity contribution in [3.05, 3.63) is 62.6 Å². The zero-order valence-electron chi connectivity index (χ0n) is 10.2. The summed E-state index contributed by atoms with van der Waals surface area (Å²) in [4.78, 5) is 3.11. The van der Waals surface area contributed by atoms with Gasteiger partial charge in [0.15, 0.2) is 4.77 Å². The van der Waals surface area contributed by atoms with Gasteiger partial charge in [0, 0.05) is 5.02 Å². The van der Waals surface area contributed by atoms with Gasteiger partial charge >= 0.3 is 0 Å². The van der Waals surface area contributed by atoms with E-state index in [0.29, 0.717) is 16.3 Å². The van der Waals surface area contributed by atoms with E-state index in [1.807, 2.05) is 16.7 Å². The van der Waals surface area contributed by atoms with Crippen molar-refractivity contribution in [1.82, 2.24) is 9.55 Å². The van der Waals surface area contributed by atoms with Crippen LogP contribution < -0.4 is 0 Å². The van der Waals surface area contributed by atoms with E-state index in [0.717, 1.165) is 16.6 Å². The van der Waals surface area contributed by atoms with Gasteiger partial charge in [0.2, 0.25) is 0 Å². The van der Waals surface area contributed by atoms with Crippen molar-refractivity contribution < 1.29 is 4.39 Å². The second-order valence-electron chi connectivity index (χ2n) is 4.43. The van der Waals surface area contributed by atoms with Crippen LogP contribution in [0.5, 0.6) is 0 Å². The molecule has 0 fully saturated rings. The van der Waals surface area contributed by atoms with Crippen molar-refractivity contribution in [3.8, 4) is 0 Å². The Hall–Kier alpha value is -1.36. The van der Waals surface area contributed by atoms with E-state index < -0.39 is 5.82 Å². The Morgan fingerprint density at radius 1 is 1.15 bits per heavy atom. The molecule has 0 saturated heterocycles. The summed E-state index contributed by atoms with van der Waals surface area (Å²) in [5, 5.41) is 0.740. The summed E-state index contributed by atoms with van der Waals surface area (Å²) in [7, 11) is 0. The highest BCUT2D eigenvalue weighted by Crippen LogP contribution is 2.22. The molecule has 3 rings (SSSR count). The molecule has 0 bridgehead atoms. The van der Waals surface area contributed by atoms with Gasteiger partial charge in [0.1, 0.15) is 5.82 Å². The van der Waals surface area contributed by atoms with Crippen LogP contribution in [0.15, 0.2) is 36.4 Å². The first kappa shape index (κ1) is 13.6. The number of nitrogens with one attached hydrogen (secondary N) is 1. The summed E-state index contributed by atoms with van der Waals surface area (Å²) in [6, 6.07) is 10.2. The maximum Gasteiger partial charge on any atom is 0.178 e. The molecular weight excluding hydrogens is 318 g/mol. The third-order valence-corrected chi connectivity index (χ3v) is 3.91. The average molecular weight is 327 g/mol. The molecule has 0 spiro atoms. The lowest BCUT2D eigenvalue weighted by Gasteiger charge is -2.06. The molecule has 102 valence electrons. The lowest BCUT2D eigenvalue weighted by atomic mass is 10.2. The molecule has 6 heteroatoms. The highest BCUT2D eigenvalue weighted by atomic mass is 35.5. The molecule has 20 heavy (non-hydrogen) atoms. The third kappa shape index (κ3) is 2.46. The fraction of sp³-hybridized carbons (Fsp3) is 0.0714. The van der Waals surface area contributed by atoms with E-state index in [1.165, 1.54) is 6.07 Å². The molecule has 1 heterocycles. The Kier molecular flexibility index (Phi) is 3.54. The predicted octanol–water partition coefficient (Wildman–Crippen LogP) is 5.19. The van der Waals surface area contributed by atoms with Gasteiger partial charge in [-0.15, -0.1) is 0 Å². The molecule has 0 aliphatic rings. The molecule has 0 saturated carbocycles. The molecule has 2 nitrogen and oxygen atoms in total. The second-order valence-corrected chi connectivity index (χ2v) is 5.66. The molecule has 2 aromatic carbocycles. The molecule has 0 unspecified atom stereocenters. The van der Waals surface area contributed by atoms with E-state index in [2.05, 4.69) is 4.98 Å². The van der Waals surface area contributed by atoms with Crippen molar-refractivity contribution in [2.24, 2.45) is 0 Å². The standard InChI is InChI=1S/C14H9Cl2FN2S/c15-9-2-4-12-13(6-9)19(14(20)18-12)7-8-1-3-11(17)10(16)5-8/h1-6H,7H2,(H,18,20). The molecule has 0 aliphatic carbocycles. The van der Waals surface area contributed by atoms with Crippen molar-refractivity contribution in [1.29, 1.82) is 0 Å². The van der Waals surface area contributed by atoms with Gasteiger partial charge in [-0.05, 0) is 48.1 Å². The summed E-state index contributed by atoms with van der Waals surface area (Å²) in [6.07, 6.45) is 0. The van der Waals surface area contributed by atoms with E-state index in [9.17, 15) is 4.39 Å². The highest BCUT2D eigenvalue weighted by Gasteiger charge is 2.07. The van der Waals surface area contributed by atoms with Gasteiger partial charge in [-0.25, -0.2) is 4.39 Å². The fourth-order valence-electron chi connectivity index (χ4n) is 2.10. The van der Waals surface area contributed by atoms with Crippen LogP contribution in [0, 0.1) is 10.6 Å². The Labute approximate surface area is 129 Å². The van der Waals surface area contributed by atoms with Gasteiger partial charge in [-0.1, -0.05) is 29.3 Å². The van der Waals surface area contributed by atoms with Crippen molar-refractivity contribution in [2.75, 3.05) is 0 Å². The molecule has 0 amide bonds. The van der Waals surface area contributed by atoms with Gasteiger partial charge in [0.05, 0.1) is 22.6 Å². The van der Waals surface area contributed by atoms with Crippen LogP contribution in [0.4, 0.5) is 4.39 Å².